The van der Waals surface area contributed by atoms with Crippen molar-refractivity contribution in [3.05, 3.63) is 54.1 Å². The largest absolute Gasteiger partial charge is 0.290 e. The first kappa shape index (κ1) is 13.3. The molecule has 0 saturated carbocycles. The number of carbonyl (C=O) groups excluding carboxylic acids is 1. The van der Waals surface area contributed by atoms with E-state index >= 15 is 0 Å². The van der Waals surface area contributed by atoms with Gasteiger partial charge in [0, 0.05) is 24.3 Å². The monoisotopic (exact) mass is 305 g/mol. The summed E-state index contributed by atoms with van der Waals surface area (Å²) in [6.45, 7) is 1.86. The molecule has 0 radical (unpaired) electrons. The normalized spacial score (nSPS) is 11.0. The van der Waals surface area contributed by atoms with Gasteiger partial charge in [0.15, 0.2) is 0 Å². The van der Waals surface area contributed by atoms with Crippen molar-refractivity contribution in [3.63, 3.8) is 0 Å². The van der Waals surface area contributed by atoms with Gasteiger partial charge in [0.05, 0.1) is 11.1 Å². The third kappa shape index (κ3) is 2.26. The molecule has 1 N–H and O–H groups in total. The average molecular weight is 305 g/mol. The first-order valence-corrected chi connectivity index (χ1v) is 6.92. The van der Waals surface area contributed by atoms with Gasteiger partial charge >= 0.3 is 0 Å². The third-order valence-corrected chi connectivity index (χ3v) is 3.39. The fourth-order valence-electron chi connectivity index (χ4n) is 2.30. The fraction of sp³-hybridized carbons (Fsp3) is 0.0667. The second kappa shape index (κ2) is 5.09. The highest BCUT2D eigenvalue weighted by Gasteiger charge is 2.15. The predicted octanol–water partition coefficient (Wildman–Crippen LogP) is 1.63. The molecule has 4 aromatic rings. The topological polar surface area (TPSA) is 98.0 Å². The Labute approximate surface area is 130 Å². The second-order valence-corrected chi connectivity index (χ2v) is 4.95. The van der Waals surface area contributed by atoms with Gasteiger partial charge in [-0.1, -0.05) is 6.07 Å². The fourth-order valence-corrected chi connectivity index (χ4v) is 2.30. The van der Waals surface area contributed by atoms with Crippen LogP contribution in [-0.2, 0) is 0 Å². The van der Waals surface area contributed by atoms with Gasteiger partial charge in [-0.3, -0.25) is 24.5 Å². The quantitative estimate of drug-likeness (QED) is 0.604. The molecule has 3 aromatic heterocycles. The van der Waals surface area contributed by atoms with Gasteiger partial charge in [-0.05, 0) is 25.1 Å². The van der Waals surface area contributed by atoms with Crippen molar-refractivity contribution in [2.45, 2.75) is 6.92 Å². The Hall–Kier alpha value is -3.42. The number of aryl methyl sites for hydroxylation is 1. The van der Waals surface area contributed by atoms with Gasteiger partial charge in [0.1, 0.15) is 5.52 Å². The number of para-hydroxylation sites is 1. The van der Waals surface area contributed by atoms with E-state index in [1.165, 1.54) is 0 Å². The van der Waals surface area contributed by atoms with Crippen LogP contribution < -0.4 is 5.32 Å². The van der Waals surface area contributed by atoms with Gasteiger partial charge in [0.25, 0.3) is 11.7 Å². The summed E-state index contributed by atoms with van der Waals surface area (Å²) in [5.74, 6) is 0.405. The number of nitrogens with zero attached hydrogens (tertiary/aromatic N) is 6. The molecule has 8 nitrogen and oxygen atoms in total. The van der Waals surface area contributed by atoms with E-state index in [0.717, 1.165) is 5.69 Å². The molecule has 23 heavy (non-hydrogen) atoms. The minimum atomic E-state index is -0.328. The molecule has 0 fully saturated rings. The lowest BCUT2D eigenvalue weighted by Gasteiger charge is -2.05. The molecule has 0 aliphatic rings. The van der Waals surface area contributed by atoms with Crippen LogP contribution in [0.25, 0.3) is 16.8 Å². The van der Waals surface area contributed by atoms with Crippen molar-refractivity contribution in [1.29, 1.82) is 0 Å². The highest BCUT2D eigenvalue weighted by atomic mass is 16.1. The summed E-state index contributed by atoms with van der Waals surface area (Å²) in [5, 5.41) is 10.6. The van der Waals surface area contributed by atoms with Crippen LogP contribution in [0.2, 0.25) is 0 Å². The summed E-state index contributed by atoms with van der Waals surface area (Å²) < 4.78 is 1.61. The van der Waals surface area contributed by atoms with E-state index in [1.807, 2.05) is 13.0 Å². The highest BCUT2D eigenvalue weighted by molar-refractivity contribution is 6.10. The van der Waals surface area contributed by atoms with E-state index in [9.17, 15) is 4.79 Å². The first-order valence-electron chi connectivity index (χ1n) is 6.92. The number of aromatic nitrogens is 6. The number of anilines is 1. The summed E-state index contributed by atoms with van der Waals surface area (Å²) in [6.07, 6.45) is 4.90. The number of fused-ring (bicyclic) bond motifs is 2. The molecule has 112 valence electrons. The SMILES string of the molecule is Cc1ccn2c(NC(=O)c3cccc4nccnc34)nnc2n1. The lowest BCUT2D eigenvalue weighted by Crippen LogP contribution is -2.15. The number of benzene rings is 1. The van der Waals surface area contributed by atoms with Crippen LogP contribution >= 0.6 is 0 Å². The van der Waals surface area contributed by atoms with E-state index in [4.69, 9.17) is 0 Å². The van der Waals surface area contributed by atoms with Crippen molar-refractivity contribution in [2.24, 2.45) is 0 Å². The Balaban J connectivity index is 1.74. The van der Waals surface area contributed by atoms with Gasteiger partial charge < -0.3 is 0 Å². The summed E-state index contributed by atoms with van der Waals surface area (Å²) in [5.41, 5.74) is 2.44. The first-order chi connectivity index (χ1) is 11.2. The van der Waals surface area contributed by atoms with E-state index in [2.05, 4.69) is 30.5 Å². The standard InChI is InChI=1S/C15H11N7O/c1-9-5-8-22-14(18-9)20-21-15(22)19-13(23)10-3-2-4-11-12(10)17-7-6-16-11/h2-8H,1H3,(H,19,21,23). The molecule has 3 heterocycles. The maximum atomic E-state index is 12.6. The van der Waals surface area contributed by atoms with Gasteiger partial charge in [-0.15, -0.1) is 10.2 Å². The Morgan fingerprint density at radius 3 is 2.91 bits per heavy atom. The van der Waals surface area contributed by atoms with Crippen LogP contribution in [0.4, 0.5) is 5.95 Å². The van der Waals surface area contributed by atoms with Gasteiger partial charge in [-0.25, -0.2) is 4.98 Å². The summed E-state index contributed by atoms with van der Waals surface area (Å²) in [7, 11) is 0. The molecule has 0 aliphatic carbocycles. The van der Waals surface area contributed by atoms with Gasteiger partial charge in [-0.2, -0.15) is 0 Å². The van der Waals surface area contributed by atoms with E-state index in [-0.39, 0.29) is 5.91 Å². The molecule has 0 unspecified atom stereocenters. The molecule has 0 bridgehead atoms. The van der Waals surface area contributed by atoms with E-state index < -0.39 is 0 Å². The van der Waals surface area contributed by atoms with Crippen molar-refractivity contribution in [2.75, 3.05) is 5.32 Å². The Morgan fingerprint density at radius 2 is 2.00 bits per heavy atom. The van der Waals surface area contributed by atoms with Crippen molar-refractivity contribution in [1.82, 2.24) is 29.5 Å². The Morgan fingerprint density at radius 1 is 1.13 bits per heavy atom. The lowest BCUT2D eigenvalue weighted by atomic mass is 10.1. The zero-order valence-corrected chi connectivity index (χ0v) is 12.1. The van der Waals surface area contributed by atoms with Crippen molar-refractivity contribution in [3.8, 4) is 0 Å². The molecule has 0 spiro atoms. The molecule has 0 saturated heterocycles. The number of carbonyl (C=O) groups is 1. The predicted molar refractivity (Wildman–Crippen MR) is 83.0 cm³/mol. The maximum Gasteiger partial charge on any atom is 0.260 e. The van der Waals surface area contributed by atoms with Crippen molar-refractivity contribution < 1.29 is 4.79 Å². The Bertz CT molecular complexity index is 1040. The highest BCUT2D eigenvalue weighted by Crippen LogP contribution is 2.16. The molecule has 8 heteroatoms. The summed E-state index contributed by atoms with van der Waals surface area (Å²) in [6, 6.07) is 7.07. The second-order valence-electron chi connectivity index (χ2n) is 4.95. The van der Waals surface area contributed by atoms with Crippen molar-refractivity contribution >= 4 is 28.7 Å². The molecular weight excluding hydrogens is 294 g/mol. The minimum Gasteiger partial charge on any atom is -0.290 e. The summed E-state index contributed by atoms with van der Waals surface area (Å²) >= 11 is 0. The molecule has 0 aliphatic heterocycles. The van der Waals surface area contributed by atoms with Crippen LogP contribution in [0.15, 0.2) is 42.9 Å². The molecule has 1 amide bonds. The zero-order chi connectivity index (χ0) is 15.8. The van der Waals surface area contributed by atoms with Crippen LogP contribution in [0.3, 0.4) is 0 Å². The zero-order valence-electron chi connectivity index (χ0n) is 12.1. The number of rotatable bonds is 2. The van der Waals surface area contributed by atoms with Crippen LogP contribution in [0, 0.1) is 6.92 Å². The number of hydrogen-bond donors (Lipinski definition) is 1. The summed E-state index contributed by atoms with van der Waals surface area (Å²) in [4.78, 5) is 25.2. The molecule has 4 rings (SSSR count). The molecule has 1 aromatic carbocycles. The molecule has 0 atom stereocenters. The number of hydrogen-bond acceptors (Lipinski definition) is 6. The number of amides is 1. The average Bonchev–Trinajstić information content (AvgIpc) is 2.96. The van der Waals surface area contributed by atoms with Crippen LogP contribution in [0.5, 0.6) is 0 Å². The van der Waals surface area contributed by atoms with E-state index in [0.29, 0.717) is 28.3 Å². The van der Waals surface area contributed by atoms with Crippen LogP contribution in [-0.4, -0.2) is 35.5 Å². The third-order valence-electron chi connectivity index (χ3n) is 3.39. The lowest BCUT2D eigenvalue weighted by molar-refractivity contribution is 0.102. The van der Waals surface area contributed by atoms with Gasteiger partial charge in [0.2, 0.25) is 5.95 Å². The molecular formula is C15H11N7O. The minimum absolute atomic E-state index is 0.304. The van der Waals surface area contributed by atoms with E-state index in [1.54, 1.807) is 41.2 Å². The van der Waals surface area contributed by atoms with Crippen LogP contribution in [0.1, 0.15) is 16.1 Å². The smallest absolute Gasteiger partial charge is 0.260 e. The maximum absolute atomic E-state index is 12.6. The Kier molecular flexibility index (Phi) is 2.94. The number of nitrogens with one attached hydrogen (secondary N) is 1.